The predicted octanol–water partition coefficient (Wildman–Crippen LogP) is 1.61. The van der Waals surface area contributed by atoms with Gasteiger partial charge in [0.1, 0.15) is 0 Å². The molecule has 2 atom stereocenters. The molecule has 0 bridgehead atoms. The SMILES string of the molecule is CC(CC(N)CC(=O)O)CC1CC1. The van der Waals surface area contributed by atoms with Gasteiger partial charge >= 0.3 is 5.97 Å². The summed E-state index contributed by atoms with van der Waals surface area (Å²) >= 11 is 0. The lowest BCUT2D eigenvalue weighted by Gasteiger charge is -2.15. The quantitative estimate of drug-likeness (QED) is 0.661. The van der Waals surface area contributed by atoms with Crippen LogP contribution >= 0.6 is 0 Å². The summed E-state index contributed by atoms with van der Waals surface area (Å²) in [5, 5.41) is 8.51. The van der Waals surface area contributed by atoms with E-state index < -0.39 is 5.97 Å². The molecule has 0 aromatic rings. The number of carboxylic acids is 1. The van der Waals surface area contributed by atoms with Crippen LogP contribution < -0.4 is 5.73 Å². The van der Waals surface area contributed by atoms with Crippen molar-refractivity contribution in [3.05, 3.63) is 0 Å². The average Bonchev–Trinajstić information content (AvgIpc) is 2.67. The first-order valence-electron chi connectivity index (χ1n) is 5.05. The number of aliphatic carboxylic acids is 1. The third-order valence-electron chi connectivity index (χ3n) is 2.57. The topological polar surface area (TPSA) is 63.3 Å². The Morgan fingerprint density at radius 3 is 2.69 bits per heavy atom. The summed E-state index contributed by atoms with van der Waals surface area (Å²) in [4.78, 5) is 10.3. The second-order valence-electron chi connectivity index (χ2n) is 4.38. The molecule has 0 amide bonds. The van der Waals surface area contributed by atoms with Gasteiger partial charge in [-0.05, 0) is 24.7 Å². The van der Waals surface area contributed by atoms with Crippen LogP contribution in [0, 0.1) is 11.8 Å². The highest BCUT2D eigenvalue weighted by Crippen LogP contribution is 2.36. The molecule has 2 unspecified atom stereocenters. The molecule has 0 aliphatic heterocycles. The van der Waals surface area contributed by atoms with Crippen LogP contribution in [0.2, 0.25) is 0 Å². The number of hydrogen-bond donors (Lipinski definition) is 2. The zero-order valence-corrected chi connectivity index (χ0v) is 8.20. The Bertz CT molecular complexity index is 178. The van der Waals surface area contributed by atoms with Crippen LogP contribution in [0.25, 0.3) is 0 Å². The first kappa shape index (κ1) is 10.5. The number of rotatable bonds is 6. The predicted molar refractivity (Wildman–Crippen MR) is 51.4 cm³/mol. The van der Waals surface area contributed by atoms with E-state index in [2.05, 4.69) is 6.92 Å². The number of carboxylic acid groups (broad SMARTS) is 1. The molecule has 3 N–H and O–H groups in total. The third kappa shape index (κ3) is 4.88. The number of nitrogens with two attached hydrogens (primary N) is 1. The van der Waals surface area contributed by atoms with Crippen LogP contribution in [0.3, 0.4) is 0 Å². The average molecular weight is 185 g/mol. The van der Waals surface area contributed by atoms with E-state index in [4.69, 9.17) is 10.8 Å². The van der Waals surface area contributed by atoms with Gasteiger partial charge in [0.15, 0.2) is 0 Å². The van der Waals surface area contributed by atoms with Crippen LogP contribution in [-0.2, 0) is 4.79 Å². The Morgan fingerprint density at radius 1 is 1.62 bits per heavy atom. The minimum atomic E-state index is -0.786. The fraction of sp³-hybridized carbons (Fsp3) is 0.900. The molecule has 3 heteroatoms. The molecule has 0 saturated heterocycles. The summed E-state index contributed by atoms with van der Waals surface area (Å²) in [6.07, 6.45) is 4.90. The van der Waals surface area contributed by atoms with E-state index in [-0.39, 0.29) is 12.5 Å². The van der Waals surface area contributed by atoms with Crippen LogP contribution in [0.15, 0.2) is 0 Å². The second-order valence-corrected chi connectivity index (χ2v) is 4.38. The highest BCUT2D eigenvalue weighted by molar-refractivity contribution is 5.67. The van der Waals surface area contributed by atoms with Crippen molar-refractivity contribution in [2.45, 2.75) is 45.1 Å². The Kier molecular flexibility index (Phi) is 3.72. The molecular weight excluding hydrogens is 166 g/mol. The maximum atomic E-state index is 10.3. The standard InChI is InChI=1S/C10H19NO2/c1-7(4-8-2-3-8)5-9(11)6-10(12)13/h7-9H,2-6,11H2,1H3,(H,12,13). The summed E-state index contributed by atoms with van der Waals surface area (Å²) in [7, 11) is 0. The monoisotopic (exact) mass is 185 g/mol. The van der Waals surface area contributed by atoms with Gasteiger partial charge in [-0.25, -0.2) is 0 Å². The summed E-state index contributed by atoms with van der Waals surface area (Å²) in [5.74, 6) is 0.708. The molecule has 1 aliphatic rings. The van der Waals surface area contributed by atoms with Gasteiger partial charge in [0.25, 0.3) is 0 Å². The molecular formula is C10H19NO2. The highest BCUT2D eigenvalue weighted by atomic mass is 16.4. The molecule has 13 heavy (non-hydrogen) atoms. The minimum absolute atomic E-state index is 0.106. The molecule has 0 radical (unpaired) electrons. The lowest BCUT2D eigenvalue weighted by Crippen LogP contribution is -2.26. The van der Waals surface area contributed by atoms with Crippen molar-refractivity contribution < 1.29 is 9.90 Å². The van der Waals surface area contributed by atoms with Gasteiger partial charge in [0.05, 0.1) is 6.42 Å². The molecule has 1 rings (SSSR count). The first-order chi connectivity index (χ1) is 6.08. The summed E-state index contributed by atoms with van der Waals surface area (Å²) in [6, 6.07) is -0.161. The number of hydrogen-bond acceptors (Lipinski definition) is 2. The van der Waals surface area contributed by atoms with E-state index in [9.17, 15) is 4.79 Å². The smallest absolute Gasteiger partial charge is 0.304 e. The van der Waals surface area contributed by atoms with Crippen LogP contribution in [-0.4, -0.2) is 17.1 Å². The zero-order valence-electron chi connectivity index (χ0n) is 8.20. The zero-order chi connectivity index (χ0) is 9.84. The first-order valence-corrected chi connectivity index (χ1v) is 5.05. The van der Waals surface area contributed by atoms with E-state index in [1.54, 1.807) is 0 Å². The summed E-state index contributed by atoms with van der Waals surface area (Å²) in [5.41, 5.74) is 5.69. The minimum Gasteiger partial charge on any atom is -0.481 e. The second kappa shape index (κ2) is 4.61. The number of carbonyl (C=O) groups is 1. The molecule has 3 nitrogen and oxygen atoms in total. The Hall–Kier alpha value is -0.570. The Balaban J connectivity index is 2.09. The van der Waals surface area contributed by atoms with E-state index in [0.29, 0.717) is 5.92 Å². The fourth-order valence-corrected chi connectivity index (χ4v) is 1.84. The van der Waals surface area contributed by atoms with Gasteiger partial charge < -0.3 is 10.8 Å². The van der Waals surface area contributed by atoms with E-state index in [1.807, 2.05) is 0 Å². The van der Waals surface area contributed by atoms with Crippen molar-refractivity contribution >= 4 is 5.97 Å². The van der Waals surface area contributed by atoms with E-state index >= 15 is 0 Å². The molecule has 0 aromatic heterocycles. The van der Waals surface area contributed by atoms with Gasteiger partial charge in [0.2, 0.25) is 0 Å². The molecule has 0 heterocycles. The van der Waals surface area contributed by atoms with E-state index in [0.717, 1.165) is 12.3 Å². The molecule has 1 aliphatic carbocycles. The molecule has 1 saturated carbocycles. The van der Waals surface area contributed by atoms with E-state index in [1.165, 1.54) is 19.3 Å². The van der Waals surface area contributed by atoms with Crippen molar-refractivity contribution in [1.82, 2.24) is 0 Å². The van der Waals surface area contributed by atoms with Gasteiger partial charge in [-0.15, -0.1) is 0 Å². The van der Waals surface area contributed by atoms with Crippen molar-refractivity contribution in [3.63, 3.8) is 0 Å². The van der Waals surface area contributed by atoms with Gasteiger partial charge in [-0.1, -0.05) is 19.8 Å². The van der Waals surface area contributed by atoms with Crippen molar-refractivity contribution in [3.8, 4) is 0 Å². The normalized spacial score (nSPS) is 21.1. The van der Waals surface area contributed by atoms with Crippen LogP contribution in [0.4, 0.5) is 0 Å². The third-order valence-corrected chi connectivity index (χ3v) is 2.57. The van der Waals surface area contributed by atoms with Gasteiger partial charge in [-0.2, -0.15) is 0 Å². The summed E-state index contributed by atoms with van der Waals surface area (Å²) in [6.45, 7) is 2.17. The Labute approximate surface area is 79.3 Å². The molecule has 0 aromatic carbocycles. The van der Waals surface area contributed by atoms with Crippen LogP contribution in [0.5, 0.6) is 0 Å². The lowest BCUT2D eigenvalue weighted by atomic mass is 9.95. The lowest BCUT2D eigenvalue weighted by molar-refractivity contribution is -0.137. The van der Waals surface area contributed by atoms with Crippen LogP contribution in [0.1, 0.15) is 39.0 Å². The molecule has 76 valence electrons. The van der Waals surface area contributed by atoms with Crippen molar-refractivity contribution in [2.75, 3.05) is 0 Å². The summed E-state index contributed by atoms with van der Waals surface area (Å²) < 4.78 is 0. The highest BCUT2D eigenvalue weighted by Gasteiger charge is 2.24. The van der Waals surface area contributed by atoms with Gasteiger partial charge in [-0.3, -0.25) is 4.79 Å². The van der Waals surface area contributed by atoms with Gasteiger partial charge in [0, 0.05) is 6.04 Å². The Morgan fingerprint density at radius 2 is 2.23 bits per heavy atom. The largest absolute Gasteiger partial charge is 0.481 e. The molecule has 0 spiro atoms. The molecule has 1 fully saturated rings. The fourth-order valence-electron chi connectivity index (χ4n) is 1.84. The van der Waals surface area contributed by atoms with Crippen molar-refractivity contribution in [2.24, 2.45) is 17.6 Å². The maximum Gasteiger partial charge on any atom is 0.304 e. The maximum absolute atomic E-state index is 10.3. The van der Waals surface area contributed by atoms with Crippen molar-refractivity contribution in [1.29, 1.82) is 0 Å².